The van der Waals surface area contributed by atoms with Gasteiger partial charge in [-0.15, -0.1) is 0 Å². The molecule has 0 spiro atoms. The Hall–Kier alpha value is -0.710. The molecule has 0 aromatic heterocycles. The van der Waals surface area contributed by atoms with Crippen molar-refractivity contribution in [3.05, 3.63) is 29.8 Å². The van der Waals surface area contributed by atoms with Gasteiger partial charge >= 0.3 is 0 Å². The summed E-state index contributed by atoms with van der Waals surface area (Å²) in [6, 6.07) is 9.02. The van der Waals surface area contributed by atoms with Gasteiger partial charge in [0, 0.05) is 32.4 Å². The van der Waals surface area contributed by atoms with Crippen LogP contribution in [0.4, 0.5) is 5.69 Å². The number of anilines is 1. The van der Waals surface area contributed by atoms with Crippen LogP contribution in [0.5, 0.6) is 0 Å². The number of thioether (sulfide) groups is 1. The van der Waals surface area contributed by atoms with E-state index in [1.807, 2.05) is 11.8 Å². The Morgan fingerprint density at radius 3 is 2.38 bits per heavy atom. The Morgan fingerprint density at radius 1 is 1.24 bits per heavy atom. The van der Waals surface area contributed by atoms with E-state index in [1.165, 1.54) is 11.3 Å². The Morgan fingerprint density at radius 2 is 1.86 bits per heavy atom. The zero-order valence-corrected chi connectivity index (χ0v) is 14.2. The summed E-state index contributed by atoms with van der Waals surface area (Å²) in [5.41, 5.74) is 2.01. The lowest BCUT2D eigenvalue weighted by atomic mass is 9.95. The molecule has 0 aliphatic carbocycles. The van der Waals surface area contributed by atoms with Crippen LogP contribution in [0.1, 0.15) is 37.8 Å². The molecule has 0 amide bonds. The van der Waals surface area contributed by atoms with Crippen LogP contribution in [0, 0.1) is 0 Å². The molecule has 1 heterocycles. The number of hydrogen-bond acceptors (Lipinski definition) is 4. The fourth-order valence-corrected chi connectivity index (χ4v) is 4.00. The molecule has 2 rings (SSSR count). The number of nitrogens with one attached hydrogen (secondary N) is 1. The van der Waals surface area contributed by atoms with E-state index in [1.54, 1.807) is 0 Å². The van der Waals surface area contributed by atoms with Crippen molar-refractivity contribution in [1.82, 2.24) is 5.32 Å². The van der Waals surface area contributed by atoms with Gasteiger partial charge in [-0.05, 0) is 48.5 Å². The van der Waals surface area contributed by atoms with Crippen molar-refractivity contribution in [2.45, 2.75) is 37.8 Å². The van der Waals surface area contributed by atoms with Gasteiger partial charge in [-0.1, -0.05) is 19.1 Å². The van der Waals surface area contributed by atoms with Crippen LogP contribution >= 0.6 is 11.8 Å². The SMILES string of the molecule is CCC(NCC1(O)CCSCC1)c1ccc(N(C)C)cc1. The van der Waals surface area contributed by atoms with Crippen LogP contribution in [-0.2, 0) is 0 Å². The minimum Gasteiger partial charge on any atom is -0.389 e. The van der Waals surface area contributed by atoms with E-state index in [-0.39, 0.29) is 0 Å². The zero-order valence-electron chi connectivity index (χ0n) is 13.4. The van der Waals surface area contributed by atoms with Crippen molar-refractivity contribution in [2.24, 2.45) is 0 Å². The predicted octanol–water partition coefficient (Wildman–Crippen LogP) is 3.05. The van der Waals surface area contributed by atoms with Crippen LogP contribution in [0.25, 0.3) is 0 Å². The molecule has 1 unspecified atom stereocenters. The fraction of sp³-hybridized carbons (Fsp3) is 0.647. The van der Waals surface area contributed by atoms with E-state index in [0.29, 0.717) is 12.6 Å². The van der Waals surface area contributed by atoms with E-state index in [0.717, 1.165) is 30.8 Å². The number of nitrogens with zero attached hydrogens (tertiary/aromatic N) is 1. The molecule has 3 nitrogen and oxygen atoms in total. The van der Waals surface area contributed by atoms with Crippen LogP contribution < -0.4 is 10.2 Å². The number of aliphatic hydroxyl groups is 1. The van der Waals surface area contributed by atoms with Gasteiger partial charge in [-0.25, -0.2) is 0 Å². The lowest BCUT2D eigenvalue weighted by Gasteiger charge is -2.33. The molecule has 1 atom stereocenters. The third-order valence-electron chi connectivity index (χ3n) is 4.32. The molecule has 21 heavy (non-hydrogen) atoms. The Bertz CT molecular complexity index is 427. The molecule has 0 radical (unpaired) electrons. The Balaban J connectivity index is 1.95. The zero-order chi connectivity index (χ0) is 15.3. The highest BCUT2D eigenvalue weighted by Gasteiger charge is 2.29. The van der Waals surface area contributed by atoms with Crippen LogP contribution in [0.15, 0.2) is 24.3 Å². The first-order chi connectivity index (χ1) is 10.0. The van der Waals surface area contributed by atoms with E-state index < -0.39 is 5.60 Å². The second kappa shape index (κ2) is 7.52. The number of hydrogen-bond donors (Lipinski definition) is 2. The summed E-state index contributed by atoms with van der Waals surface area (Å²) >= 11 is 1.95. The average molecular weight is 308 g/mol. The van der Waals surface area contributed by atoms with Gasteiger partial charge < -0.3 is 15.3 Å². The molecular formula is C17H28N2OS. The quantitative estimate of drug-likeness (QED) is 0.847. The predicted molar refractivity (Wildman–Crippen MR) is 93.3 cm³/mol. The molecule has 0 bridgehead atoms. The topological polar surface area (TPSA) is 35.5 Å². The summed E-state index contributed by atoms with van der Waals surface area (Å²) in [7, 11) is 4.11. The summed E-state index contributed by atoms with van der Waals surface area (Å²) in [4.78, 5) is 2.11. The first-order valence-corrected chi connectivity index (χ1v) is 9.00. The summed E-state index contributed by atoms with van der Waals surface area (Å²) in [5.74, 6) is 2.15. The standard InChI is InChI=1S/C17H28N2OS/c1-4-16(14-5-7-15(8-6-14)19(2)3)18-13-17(20)9-11-21-12-10-17/h5-8,16,18,20H,4,9-13H2,1-3H3. The molecule has 1 saturated heterocycles. The van der Waals surface area contributed by atoms with Gasteiger partial charge in [0.25, 0.3) is 0 Å². The van der Waals surface area contributed by atoms with E-state index in [2.05, 4.69) is 55.5 Å². The fourth-order valence-electron chi connectivity index (χ4n) is 2.74. The molecule has 0 saturated carbocycles. The van der Waals surface area contributed by atoms with Gasteiger partial charge in [0.1, 0.15) is 0 Å². The molecule has 1 aromatic carbocycles. The summed E-state index contributed by atoms with van der Waals surface area (Å²) in [5, 5.41) is 14.2. The second-order valence-electron chi connectivity index (χ2n) is 6.16. The van der Waals surface area contributed by atoms with Crippen LogP contribution in [0.3, 0.4) is 0 Å². The molecular weight excluding hydrogens is 280 g/mol. The van der Waals surface area contributed by atoms with Gasteiger partial charge in [-0.3, -0.25) is 0 Å². The lowest BCUT2D eigenvalue weighted by molar-refractivity contribution is 0.0294. The van der Waals surface area contributed by atoms with Crippen molar-refractivity contribution in [3.8, 4) is 0 Å². The average Bonchev–Trinajstić information content (AvgIpc) is 2.49. The minimum atomic E-state index is -0.512. The van der Waals surface area contributed by atoms with Crippen molar-refractivity contribution in [1.29, 1.82) is 0 Å². The molecule has 1 aliphatic rings. The maximum atomic E-state index is 10.6. The lowest BCUT2D eigenvalue weighted by Crippen LogP contribution is -2.44. The second-order valence-corrected chi connectivity index (χ2v) is 7.39. The molecule has 2 N–H and O–H groups in total. The molecule has 1 aromatic rings. The van der Waals surface area contributed by atoms with E-state index in [4.69, 9.17) is 0 Å². The van der Waals surface area contributed by atoms with Crippen LogP contribution in [0.2, 0.25) is 0 Å². The largest absolute Gasteiger partial charge is 0.389 e. The minimum absolute atomic E-state index is 0.319. The summed E-state index contributed by atoms with van der Waals surface area (Å²) < 4.78 is 0. The maximum absolute atomic E-state index is 10.6. The van der Waals surface area contributed by atoms with E-state index >= 15 is 0 Å². The highest BCUT2D eigenvalue weighted by Crippen LogP contribution is 2.28. The monoisotopic (exact) mass is 308 g/mol. The Labute approximate surface area is 133 Å². The molecule has 1 fully saturated rings. The van der Waals surface area contributed by atoms with Crippen molar-refractivity contribution >= 4 is 17.4 Å². The molecule has 118 valence electrons. The van der Waals surface area contributed by atoms with Crippen molar-refractivity contribution in [2.75, 3.05) is 37.0 Å². The third kappa shape index (κ3) is 4.63. The highest BCUT2D eigenvalue weighted by molar-refractivity contribution is 7.99. The number of benzene rings is 1. The molecule has 1 aliphatic heterocycles. The van der Waals surface area contributed by atoms with Crippen molar-refractivity contribution in [3.63, 3.8) is 0 Å². The smallest absolute Gasteiger partial charge is 0.0787 e. The summed E-state index contributed by atoms with van der Waals surface area (Å²) in [6.07, 6.45) is 2.84. The van der Waals surface area contributed by atoms with Crippen LogP contribution in [-0.4, -0.2) is 42.9 Å². The van der Waals surface area contributed by atoms with Gasteiger partial charge in [-0.2, -0.15) is 11.8 Å². The first-order valence-electron chi connectivity index (χ1n) is 7.85. The van der Waals surface area contributed by atoms with Gasteiger partial charge in [0.05, 0.1) is 5.60 Å². The highest BCUT2D eigenvalue weighted by atomic mass is 32.2. The van der Waals surface area contributed by atoms with Crippen molar-refractivity contribution < 1.29 is 5.11 Å². The van der Waals surface area contributed by atoms with E-state index in [9.17, 15) is 5.11 Å². The van der Waals surface area contributed by atoms with Gasteiger partial charge in [0.2, 0.25) is 0 Å². The number of rotatable bonds is 6. The first kappa shape index (κ1) is 16.7. The molecule has 4 heteroatoms. The third-order valence-corrected chi connectivity index (χ3v) is 5.31. The normalized spacial score (nSPS) is 19.2. The maximum Gasteiger partial charge on any atom is 0.0787 e. The summed E-state index contributed by atoms with van der Waals surface area (Å²) in [6.45, 7) is 2.89. The van der Waals surface area contributed by atoms with Gasteiger partial charge in [0.15, 0.2) is 0 Å². The Kier molecular flexibility index (Phi) is 5.97.